The van der Waals surface area contributed by atoms with Crippen molar-refractivity contribution in [2.45, 2.75) is 46.3 Å². The number of aryl methyl sites for hydroxylation is 1. The van der Waals surface area contributed by atoms with Crippen LogP contribution < -0.4 is 5.32 Å². The highest BCUT2D eigenvalue weighted by molar-refractivity contribution is 5.96. The molecule has 0 aliphatic carbocycles. The number of benzene rings is 1. The number of nitrogens with one attached hydrogen (secondary N) is 1. The van der Waals surface area contributed by atoms with Crippen molar-refractivity contribution in [2.75, 3.05) is 25.0 Å². The van der Waals surface area contributed by atoms with Gasteiger partial charge in [0.15, 0.2) is 0 Å². The van der Waals surface area contributed by atoms with Gasteiger partial charge in [-0.25, -0.2) is 0 Å². The van der Waals surface area contributed by atoms with E-state index in [-0.39, 0.29) is 18.1 Å². The van der Waals surface area contributed by atoms with Crippen LogP contribution in [0.2, 0.25) is 0 Å². The van der Waals surface area contributed by atoms with Gasteiger partial charge in [-0.15, -0.1) is 0 Å². The average Bonchev–Trinajstić information content (AvgIpc) is 2.43. The fraction of sp³-hybridized carbons (Fsp3) is 0.588. The Bertz CT molecular complexity index is 492. The normalized spacial score (nSPS) is 22.2. The van der Waals surface area contributed by atoms with Gasteiger partial charge in [-0.2, -0.15) is 0 Å². The Morgan fingerprint density at radius 3 is 2.57 bits per heavy atom. The number of rotatable bonds is 4. The van der Waals surface area contributed by atoms with Crippen LogP contribution in [0, 0.1) is 6.92 Å². The molecule has 1 aliphatic rings. The van der Waals surface area contributed by atoms with Crippen LogP contribution in [0.3, 0.4) is 0 Å². The molecule has 4 heteroatoms. The monoisotopic (exact) mass is 290 g/mol. The van der Waals surface area contributed by atoms with E-state index in [1.165, 1.54) is 0 Å². The number of ether oxygens (including phenoxy) is 1. The maximum Gasteiger partial charge on any atom is 0.254 e. The molecule has 1 N–H and O–H groups in total. The summed E-state index contributed by atoms with van der Waals surface area (Å²) in [6, 6.07) is 5.97. The van der Waals surface area contributed by atoms with Gasteiger partial charge in [0.25, 0.3) is 5.91 Å². The minimum absolute atomic E-state index is 0.100. The Labute approximate surface area is 127 Å². The van der Waals surface area contributed by atoms with E-state index in [0.717, 1.165) is 29.8 Å². The SMILES string of the molecule is CCCNc1ccc(C(=O)N2C[C@@H](C)O[C@@H](C)C2)c(C)c1. The molecule has 1 saturated heterocycles. The Kier molecular flexibility index (Phi) is 5.23. The van der Waals surface area contributed by atoms with E-state index in [0.29, 0.717) is 13.1 Å². The van der Waals surface area contributed by atoms with Crippen molar-refractivity contribution >= 4 is 11.6 Å². The zero-order valence-corrected chi connectivity index (χ0v) is 13.5. The van der Waals surface area contributed by atoms with Crippen molar-refractivity contribution in [2.24, 2.45) is 0 Å². The highest BCUT2D eigenvalue weighted by Gasteiger charge is 2.27. The average molecular weight is 290 g/mol. The van der Waals surface area contributed by atoms with Crippen molar-refractivity contribution in [3.63, 3.8) is 0 Å². The molecule has 116 valence electrons. The van der Waals surface area contributed by atoms with Crippen molar-refractivity contribution in [1.29, 1.82) is 0 Å². The highest BCUT2D eigenvalue weighted by Crippen LogP contribution is 2.19. The molecule has 0 unspecified atom stereocenters. The van der Waals surface area contributed by atoms with Crippen LogP contribution in [0.1, 0.15) is 43.1 Å². The number of hydrogen-bond donors (Lipinski definition) is 1. The van der Waals surface area contributed by atoms with E-state index < -0.39 is 0 Å². The lowest BCUT2D eigenvalue weighted by molar-refractivity contribution is -0.0586. The van der Waals surface area contributed by atoms with Crippen molar-refractivity contribution in [3.8, 4) is 0 Å². The lowest BCUT2D eigenvalue weighted by Crippen LogP contribution is -2.48. The standard InChI is InChI=1S/C17H26N2O2/c1-5-8-18-15-6-7-16(12(2)9-15)17(20)19-10-13(3)21-14(4)11-19/h6-7,9,13-14,18H,5,8,10-11H2,1-4H3/t13-,14+. The Balaban J connectivity index is 2.11. The van der Waals surface area contributed by atoms with Gasteiger partial charge in [0, 0.05) is 30.9 Å². The van der Waals surface area contributed by atoms with E-state index in [1.54, 1.807) is 0 Å². The van der Waals surface area contributed by atoms with Crippen LogP contribution in [0.25, 0.3) is 0 Å². The van der Waals surface area contributed by atoms with Gasteiger partial charge in [-0.05, 0) is 51.0 Å². The molecule has 0 radical (unpaired) electrons. The molecule has 4 nitrogen and oxygen atoms in total. The summed E-state index contributed by atoms with van der Waals surface area (Å²) in [5.74, 6) is 0.108. The molecule has 1 aromatic carbocycles. The highest BCUT2D eigenvalue weighted by atomic mass is 16.5. The quantitative estimate of drug-likeness (QED) is 0.926. The summed E-state index contributed by atoms with van der Waals surface area (Å²) in [4.78, 5) is 14.6. The molecule has 2 atom stereocenters. The van der Waals surface area contributed by atoms with Gasteiger partial charge in [0.2, 0.25) is 0 Å². The first-order chi connectivity index (χ1) is 10.0. The zero-order chi connectivity index (χ0) is 15.4. The third-order valence-corrected chi connectivity index (χ3v) is 3.74. The molecular weight excluding hydrogens is 264 g/mol. The van der Waals surface area contributed by atoms with E-state index in [4.69, 9.17) is 4.74 Å². The van der Waals surface area contributed by atoms with E-state index in [9.17, 15) is 4.79 Å². The van der Waals surface area contributed by atoms with Crippen LogP contribution in [-0.2, 0) is 4.74 Å². The summed E-state index contributed by atoms with van der Waals surface area (Å²) in [6.45, 7) is 10.4. The van der Waals surface area contributed by atoms with E-state index in [2.05, 4.69) is 18.3 Å². The molecule has 1 amide bonds. The number of anilines is 1. The Morgan fingerprint density at radius 2 is 2.00 bits per heavy atom. The second-order valence-corrected chi connectivity index (χ2v) is 5.92. The van der Waals surface area contributed by atoms with Gasteiger partial charge in [0.05, 0.1) is 12.2 Å². The zero-order valence-electron chi connectivity index (χ0n) is 13.5. The van der Waals surface area contributed by atoms with Gasteiger partial charge >= 0.3 is 0 Å². The van der Waals surface area contributed by atoms with Crippen LogP contribution in [0.15, 0.2) is 18.2 Å². The number of amides is 1. The Hall–Kier alpha value is -1.55. The fourth-order valence-corrected chi connectivity index (χ4v) is 2.80. The fourth-order valence-electron chi connectivity index (χ4n) is 2.80. The second kappa shape index (κ2) is 6.94. The number of carbonyl (C=O) groups is 1. The molecular formula is C17H26N2O2. The predicted octanol–water partition coefficient (Wildman–Crippen LogP) is 3.07. The maximum atomic E-state index is 12.7. The topological polar surface area (TPSA) is 41.6 Å². The van der Waals surface area contributed by atoms with Crippen LogP contribution in [0.5, 0.6) is 0 Å². The molecule has 0 bridgehead atoms. The van der Waals surface area contributed by atoms with Crippen molar-refractivity contribution in [1.82, 2.24) is 4.90 Å². The second-order valence-electron chi connectivity index (χ2n) is 5.92. The molecule has 1 heterocycles. The third kappa shape index (κ3) is 3.97. The summed E-state index contributed by atoms with van der Waals surface area (Å²) < 4.78 is 5.69. The lowest BCUT2D eigenvalue weighted by Gasteiger charge is -2.35. The van der Waals surface area contributed by atoms with Crippen LogP contribution in [0.4, 0.5) is 5.69 Å². The maximum absolute atomic E-state index is 12.7. The summed E-state index contributed by atoms with van der Waals surface area (Å²) in [6.07, 6.45) is 1.29. The van der Waals surface area contributed by atoms with Gasteiger partial charge in [-0.3, -0.25) is 4.79 Å². The summed E-state index contributed by atoms with van der Waals surface area (Å²) >= 11 is 0. The largest absolute Gasteiger partial charge is 0.385 e. The van der Waals surface area contributed by atoms with Gasteiger partial charge in [0.1, 0.15) is 0 Å². The van der Waals surface area contributed by atoms with E-state index >= 15 is 0 Å². The predicted molar refractivity (Wildman–Crippen MR) is 85.9 cm³/mol. The number of carbonyl (C=O) groups excluding carboxylic acids is 1. The number of morpholine rings is 1. The summed E-state index contributed by atoms with van der Waals surface area (Å²) in [5, 5.41) is 3.35. The molecule has 0 aromatic heterocycles. The molecule has 1 fully saturated rings. The molecule has 1 aromatic rings. The van der Waals surface area contributed by atoms with Crippen molar-refractivity contribution in [3.05, 3.63) is 29.3 Å². The van der Waals surface area contributed by atoms with E-state index in [1.807, 2.05) is 37.8 Å². The smallest absolute Gasteiger partial charge is 0.254 e. The van der Waals surface area contributed by atoms with Gasteiger partial charge in [-0.1, -0.05) is 6.92 Å². The third-order valence-electron chi connectivity index (χ3n) is 3.74. The first-order valence-electron chi connectivity index (χ1n) is 7.80. The summed E-state index contributed by atoms with van der Waals surface area (Å²) in [7, 11) is 0. The molecule has 2 rings (SSSR count). The van der Waals surface area contributed by atoms with Gasteiger partial charge < -0.3 is 15.0 Å². The lowest BCUT2D eigenvalue weighted by atomic mass is 10.1. The first-order valence-corrected chi connectivity index (χ1v) is 7.80. The molecule has 21 heavy (non-hydrogen) atoms. The molecule has 1 aliphatic heterocycles. The van der Waals surface area contributed by atoms with Crippen LogP contribution in [-0.4, -0.2) is 42.6 Å². The Morgan fingerprint density at radius 1 is 1.33 bits per heavy atom. The molecule has 0 saturated carbocycles. The minimum Gasteiger partial charge on any atom is -0.385 e. The minimum atomic E-state index is 0.100. The number of hydrogen-bond acceptors (Lipinski definition) is 3. The summed E-state index contributed by atoms with van der Waals surface area (Å²) in [5.41, 5.74) is 2.89. The number of nitrogens with zero attached hydrogens (tertiary/aromatic N) is 1. The van der Waals surface area contributed by atoms with Crippen LogP contribution >= 0.6 is 0 Å². The van der Waals surface area contributed by atoms with Crippen molar-refractivity contribution < 1.29 is 9.53 Å². The molecule has 0 spiro atoms. The first kappa shape index (κ1) is 15.8.